The van der Waals surface area contributed by atoms with E-state index in [0.29, 0.717) is 0 Å². The molecule has 2 heteroatoms. The Morgan fingerprint density at radius 3 is 3.10 bits per heavy atom. The number of hydrogen-bond donors (Lipinski definition) is 0. The highest BCUT2D eigenvalue weighted by Crippen LogP contribution is 2.19. The smallest absolute Gasteiger partial charge is 0.0811 e. The summed E-state index contributed by atoms with van der Waals surface area (Å²) in [5.41, 5.74) is 2.11. The van der Waals surface area contributed by atoms with Gasteiger partial charge in [-0.25, -0.2) is 0 Å². The molecule has 0 aliphatic rings. The van der Waals surface area contributed by atoms with Gasteiger partial charge in [0.1, 0.15) is 0 Å². The van der Waals surface area contributed by atoms with Crippen molar-refractivity contribution < 1.29 is 0 Å². The topological polar surface area (TPSA) is 12.9 Å². The molecule has 2 heterocycles. The van der Waals surface area contributed by atoms with Crippen molar-refractivity contribution in [1.29, 1.82) is 0 Å². The van der Waals surface area contributed by atoms with E-state index in [1.54, 1.807) is 17.5 Å². The Bertz CT molecular complexity index is 351. The summed E-state index contributed by atoms with van der Waals surface area (Å²) < 4.78 is 0. The lowest BCUT2D eigenvalue weighted by atomic mass is 10.2. The van der Waals surface area contributed by atoms with Crippen LogP contribution in [-0.2, 0) is 0 Å². The molecular formula is C8H6NS. The van der Waals surface area contributed by atoms with Crippen molar-refractivity contribution in [3.63, 3.8) is 0 Å². The van der Waals surface area contributed by atoms with Gasteiger partial charge in [-0.05, 0) is 18.6 Å². The summed E-state index contributed by atoms with van der Waals surface area (Å²) in [4.78, 5) is 4.17. The molecule has 0 spiro atoms. The molecule has 0 aliphatic heterocycles. The van der Waals surface area contributed by atoms with Gasteiger partial charge in [0.2, 0.25) is 0 Å². The van der Waals surface area contributed by atoms with E-state index in [2.05, 4.69) is 17.3 Å². The lowest BCUT2D eigenvalue weighted by molar-refractivity contribution is 1.41. The minimum Gasteiger partial charge on any atom is -0.255 e. The molecule has 0 saturated heterocycles. The Morgan fingerprint density at radius 2 is 2.30 bits per heavy atom. The van der Waals surface area contributed by atoms with Crippen LogP contribution in [0, 0.1) is 6.92 Å². The van der Waals surface area contributed by atoms with Crippen molar-refractivity contribution in [2.45, 2.75) is 0 Å². The number of rotatable bonds is 0. The van der Waals surface area contributed by atoms with E-state index in [1.165, 1.54) is 5.39 Å². The van der Waals surface area contributed by atoms with Crippen LogP contribution in [0.2, 0.25) is 0 Å². The zero-order chi connectivity index (χ0) is 6.97. The number of nitrogens with zero attached hydrogens (tertiary/aromatic N) is 1. The minimum atomic E-state index is 1.05. The Morgan fingerprint density at radius 1 is 1.40 bits per heavy atom. The molecule has 2 aromatic rings. The van der Waals surface area contributed by atoms with Crippen molar-refractivity contribution >= 4 is 22.2 Å². The number of thiophene rings is 1. The number of pyridine rings is 1. The second-order valence-corrected chi connectivity index (χ2v) is 2.88. The molecule has 2 rings (SSSR count). The largest absolute Gasteiger partial charge is 0.255 e. The van der Waals surface area contributed by atoms with E-state index in [9.17, 15) is 0 Å². The van der Waals surface area contributed by atoms with Crippen molar-refractivity contribution in [3.05, 3.63) is 35.5 Å². The first-order valence-electron chi connectivity index (χ1n) is 3.01. The van der Waals surface area contributed by atoms with Crippen LogP contribution >= 0.6 is 11.3 Å². The maximum Gasteiger partial charge on any atom is 0.0811 e. The third kappa shape index (κ3) is 0.727. The van der Waals surface area contributed by atoms with E-state index in [-0.39, 0.29) is 0 Å². The van der Waals surface area contributed by atoms with Gasteiger partial charge in [-0.2, -0.15) is 0 Å². The highest BCUT2D eigenvalue weighted by Gasteiger charge is 1.95. The average molecular weight is 148 g/mol. The Hall–Kier alpha value is -0.890. The first-order chi connectivity index (χ1) is 4.88. The van der Waals surface area contributed by atoms with Gasteiger partial charge < -0.3 is 0 Å². The molecule has 0 amide bonds. The van der Waals surface area contributed by atoms with E-state index < -0.39 is 0 Å². The van der Waals surface area contributed by atoms with Gasteiger partial charge in [0, 0.05) is 22.3 Å². The highest BCUT2D eigenvalue weighted by atomic mass is 32.1. The lowest BCUT2D eigenvalue weighted by Gasteiger charge is -1.90. The monoisotopic (exact) mass is 148 g/mol. The van der Waals surface area contributed by atoms with Crippen molar-refractivity contribution in [3.8, 4) is 0 Å². The molecule has 1 radical (unpaired) electrons. The number of hydrogen-bond acceptors (Lipinski definition) is 2. The summed E-state index contributed by atoms with van der Waals surface area (Å²) in [7, 11) is 0. The van der Waals surface area contributed by atoms with Gasteiger partial charge >= 0.3 is 0 Å². The molecule has 0 bridgehead atoms. The van der Waals surface area contributed by atoms with Crippen LogP contribution in [0.4, 0.5) is 0 Å². The van der Waals surface area contributed by atoms with Gasteiger partial charge in [-0.15, -0.1) is 11.3 Å². The van der Waals surface area contributed by atoms with E-state index in [1.807, 2.05) is 11.4 Å². The third-order valence-corrected chi connectivity index (χ3v) is 2.21. The zero-order valence-electron chi connectivity index (χ0n) is 5.37. The quantitative estimate of drug-likeness (QED) is 0.559. The summed E-state index contributed by atoms with van der Waals surface area (Å²) in [6.07, 6.45) is 1.79. The van der Waals surface area contributed by atoms with Crippen molar-refractivity contribution in [2.24, 2.45) is 0 Å². The second-order valence-electron chi connectivity index (χ2n) is 2.14. The maximum absolute atomic E-state index is 4.17. The average Bonchev–Trinajstić information content (AvgIpc) is 2.36. The zero-order valence-corrected chi connectivity index (χ0v) is 6.19. The molecular weight excluding hydrogens is 142 g/mol. The molecule has 0 fully saturated rings. The minimum absolute atomic E-state index is 1.05. The fourth-order valence-corrected chi connectivity index (χ4v) is 1.72. The summed E-state index contributed by atoms with van der Waals surface area (Å²) in [5, 5.41) is 5.28. The van der Waals surface area contributed by atoms with Gasteiger partial charge in [0.05, 0.1) is 5.52 Å². The van der Waals surface area contributed by atoms with Gasteiger partial charge in [0.15, 0.2) is 0 Å². The molecule has 49 valence electrons. The van der Waals surface area contributed by atoms with Crippen molar-refractivity contribution in [1.82, 2.24) is 4.98 Å². The number of aromatic nitrogens is 1. The van der Waals surface area contributed by atoms with Crippen LogP contribution in [0.1, 0.15) is 5.56 Å². The molecule has 0 aliphatic carbocycles. The summed E-state index contributed by atoms with van der Waals surface area (Å²) in [5.74, 6) is 0. The molecule has 0 atom stereocenters. The predicted octanol–water partition coefficient (Wildman–Crippen LogP) is 2.48. The lowest BCUT2D eigenvalue weighted by Crippen LogP contribution is -1.74. The van der Waals surface area contributed by atoms with Gasteiger partial charge in [-0.1, -0.05) is 0 Å². The molecule has 0 aromatic carbocycles. The SMILES string of the molecule is [CH2]c1ccnc2cscc12. The van der Waals surface area contributed by atoms with Gasteiger partial charge in [-0.3, -0.25) is 4.98 Å². The summed E-state index contributed by atoms with van der Waals surface area (Å²) in [6, 6.07) is 1.93. The van der Waals surface area contributed by atoms with Crippen LogP contribution in [0.3, 0.4) is 0 Å². The molecule has 0 saturated carbocycles. The second kappa shape index (κ2) is 2.06. The van der Waals surface area contributed by atoms with E-state index >= 15 is 0 Å². The molecule has 0 unspecified atom stereocenters. The van der Waals surface area contributed by atoms with Crippen LogP contribution < -0.4 is 0 Å². The summed E-state index contributed by atoms with van der Waals surface area (Å²) >= 11 is 1.66. The molecule has 0 N–H and O–H groups in total. The fourth-order valence-electron chi connectivity index (χ4n) is 0.928. The first-order valence-corrected chi connectivity index (χ1v) is 3.95. The van der Waals surface area contributed by atoms with Crippen LogP contribution in [0.5, 0.6) is 0 Å². The van der Waals surface area contributed by atoms with E-state index in [0.717, 1.165) is 11.1 Å². The molecule has 1 nitrogen and oxygen atoms in total. The Kier molecular flexibility index (Phi) is 1.21. The van der Waals surface area contributed by atoms with Crippen LogP contribution in [0.25, 0.3) is 10.9 Å². The standard InChI is InChI=1S/C8H6NS/c1-6-2-3-9-8-5-10-4-7(6)8/h2-5H,1H2. The Labute approximate surface area is 63.3 Å². The van der Waals surface area contributed by atoms with Gasteiger partial charge in [0.25, 0.3) is 0 Å². The van der Waals surface area contributed by atoms with E-state index in [4.69, 9.17) is 0 Å². The first kappa shape index (κ1) is 5.86. The Balaban J connectivity index is 2.95. The van der Waals surface area contributed by atoms with Crippen LogP contribution in [0.15, 0.2) is 23.0 Å². The predicted molar refractivity (Wildman–Crippen MR) is 44.1 cm³/mol. The number of fused-ring (bicyclic) bond motifs is 1. The van der Waals surface area contributed by atoms with Crippen molar-refractivity contribution in [2.75, 3.05) is 0 Å². The molecule has 10 heavy (non-hydrogen) atoms. The third-order valence-electron chi connectivity index (χ3n) is 1.48. The normalized spacial score (nSPS) is 10.5. The summed E-state index contributed by atoms with van der Waals surface area (Å²) in [6.45, 7) is 3.89. The fraction of sp³-hybridized carbons (Fsp3) is 0. The molecule has 2 aromatic heterocycles. The van der Waals surface area contributed by atoms with Crippen LogP contribution in [-0.4, -0.2) is 4.98 Å². The highest BCUT2D eigenvalue weighted by molar-refractivity contribution is 7.09. The maximum atomic E-state index is 4.17.